The zero-order valence-corrected chi connectivity index (χ0v) is 31.3. The van der Waals surface area contributed by atoms with Crippen molar-refractivity contribution in [1.82, 2.24) is 0 Å². The second-order valence-corrected chi connectivity index (χ2v) is 14.8. The lowest BCUT2D eigenvalue weighted by molar-refractivity contribution is 0.427. The Hall–Kier alpha value is -4.47. The number of halogens is 2. The lowest BCUT2D eigenvalue weighted by Crippen LogP contribution is -2.04. The van der Waals surface area contributed by atoms with Gasteiger partial charge in [0, 0.05) is 46.7 Å². The molecule has 10 heteroatoms. The van der Waals surface area contributed by atoms with Crippen LogP contribution in [0.5, 0.6) is 23.0 Å². The number of ether oxygens (including phenoxy) is 1. The molecule has 3 heterocycles. The van der Waals surface area contributed by atoms with Gasteiger partial charge < -0.3 is 28.9 Å². The molecule has 3 aromatic carbocycles. The van der Waals surface area contributed by atoms with E-state index < -0.39 is 5.63 Å². The van der Waals surface area contributed by atoms with Gasteiger partial charge in [0.1, 0.15) is 39.9 Å². The minimum absolute atomic E-state index is 0.0796. The average Bonchev–Trinajstić information content (AvgIpc) is 2.98. The maximum atomic E-state index is 11.4. The summed E-state index contributed by atoms with van der Waals surface area (Å²) >= 11 is 9.19. The minimum atomic E-state index is -0.408. The van der Waals surface area contributed by atoms with Crippen LogP contribution in [0.2, 0.25) is 5.02 Å². The molecule has 3 N–H and O–H groups in total. The molecule has 6 rings (SSSR count). The molecule has 0 spiro atoms. The Bertz CT molecular complexity index is 2180. The van der Waals surface area contributed by atoms with Gasteiger partial charge in [-0.15, -0.1) is 0 Å². The van der Waals surface area contributed by atoms with Gasteiger partial charge in [-0.1, -0.05) is 59.7 Å². The molecule has 0 saturated heterocycles. The summed E-state index contributed by atoms with van der Waals surface area (Å²) in [5, 5.41) is 30.4. The van der Waals surface area contributed by atoms with Crippen LogP contribution in [0, 0.1) is 17.8 Å². The SMILES string of the molecule is C=C1C=C(CC(C)C)c2cc(Br)c(O)cc2O1.CC(C)Cc1cc(=O)oc2cc(O)c(Cl)cc12.CC(C)Cc1cc(=O)oc2cc(O)ccc12. The van der Waals surface area contributed by atoms with Gasteiger partial charge in [-0.2, -0.15) is 0 Å². The fourth-order valence-electron chi connectivity index (χ4n) is 5.60. The number of benzene rings is 3. The van der Waals surface area contributed by atoms with Crippen molar-refractivity contribution < 1.29 is 28.9 Å². The van der Waals surface area contributed by atoms with Crippen LogP contribution in [-0.4, -0.2) is 15.3 Å². The van der Waals surface area contributed by atoms with E-state index >= 15 is 0 Å². The van der Waals surface area contributed by atoms with E-state index in [1.165, 1.54) is 29.8 Å². The highest BCUT2D eigenvalue weighted by molar-refractivity contribution is 9.10. The van der Waals surface area contributed by atoms with Crippen molar-refractivity contribution in [3.8, 4) is 23.0 Å². The van der Waals surface area contributed by atoms with Gasteiger partial charge in [0.2, 0.25) is 0 Å². The largest absolute Gasteiger partial charge is 0.508 e. The Morgan fingerprint density at radius 1 is 0.720 bits per heavy atom. The third kappa shape index (κ3) is 10.0. The van der Waals surface area contributed by atoms with Gasteiger partial charge in [0.15, 0.2) is 0 Å². The predicted octanol–water partition coefficient (Wildman–Crippen LogP) is 10.5. The van der Waals surface area contributed by atoms with E-state index in [0.717, 1.165) is 46.7 Å². The Morgan fingerprint density at radius 3 is 1.86 bits per heavy atom. The first-order valence-corrected chi connectivity index (χ1v) is 17.5. The van der Waals surface area contributed by atoms with Crippen molar-refractivity contribution in [2.45, 2.75) is 60.8 Å². The number of phenolic OH excluding ortho intramolecular Hbond substituents is 3. The summed E-state index contributed by atoms with van der Waals surface area (Å²) in [6, 6.07) is 14.4. The van der Waals surface area contributed by atoms with Crippen LogP contribution in [0.25, 0.3) is 27.5 Å². The quantitative estimate of drug-likeness (QED) is 0.146. The molecule has 0 bridgehead atoms. The number of rotatable bonds is 6. The molecule has 264 valence electrons. The van der Waals surface area contributed by atoms with Gasteiger partial charge in [-0.05, 0) is 100.0 Å². The van der Waals surface area contributed by atoms with Crippen LogP contribution in [0.3, 0.4) is 0 Å². The van der Waals surface area contributed by atoms with E-state index in [2.05, 4.69) is 64.1 Å². The third-order valence-electron chi connectivity index (χ3n) is 7.57. The number of fused-ring (bicyclic) bond motifs is 3. The summed E-state index contributed by atoms with van der Waals surface area (Å²) in [4.78, 5) is 22.7. The molecular weight excluding hydrogens is 724 g/mol. The Morgan fingerprint density at radius 2 is 1.28 bits per heavy atom. The molecule has 0 saturated carbocycles. The molecule has 0 amide bonds. The molecule has 2 aromatic heterocycles. The monoisotopic (exact) mass is 764 g/mol. The third-order valence-corrected chi connectivity index (χ3v) is 8.51. The smallest absolute Gasteiger partial charge is 0.336 e. The summed E-state index contributed by atoms with van der Waals surface area (Å²) in [6.45, 7) is 16.5. The average molecular weight is 766 g/mol. The number of hydrogen-bond donors (Lipinski definition) is 3. The normalized spacial score (nSPS) is 12.3. The molecule has 50 heavy (non-hydrogen) atoms. The molecule has 0 unspecified atom stereocenters. The predicted molar refractivity (Wildman–Crippen MR) is 203 cm³/mol. The van der Waals surface area contributed by atoms with Crippen LogP contribution in [0.4, 0.5) is 0 Å². The van der Waals surface area contributed by atoms with Crippen LogP contribution in [-0.2, 0) is 12.8 Å². The molecule has 8 nitrogen and oxygen atoms in total. The second kappa shape index (κ2) is 16.5. The zero-order valence-electron chi connectivity index (χ0n) is 29.0. The Kier molecular flexibility index (Phi) is 12.6. The fraction of sp³-hybridized carbons (Fsp3) is 0.300. The van der Waals surface area contributed by atoms with Gasteiger partial charge in [0.05, 0.1) is 9.50 Å². The standard InChI is InChI=1S/C14H15BrO2.C13H13ClO3.C13H14O3/c1-8(2)4-10-5-9(3)17-14-7-13(16)12(15)6-11(10)14;1-7(2)3-8-4-13(16)17-12-6-11(15)10(14)5-9(8)12;1-8(2)5-9-6-13(15)16-12-7-10(14)3-4-11(9)12/h5-8,16H,3-4H2,1-2H3;4-7,15H,3H2,1-2H3;3-4,6-8,14H,5H2,1-2H3. The van der Waals surface area contributed by atoms with Crippen molar-refractivity contribution in [1.29, 1.82) is 0 Å². The van der Waals surface area contributed by atoms with E-state index in [1.807, 2.05) is 12.1 Å². The molecule has 1 aliphatic rings. The maximum Gasteiger partial charge on any atom is 0.336 e. The lowest BCUT2D eigenvalue weighted by Gasteiger charge is -2.21. The molecule has 0 atom stereocenters. The van der Waals surface area contributed by atoms with E-state index in [9.17, 15) is 24.9 Å². The highest BCUT2D eigenvalue weighted by atomic mass is 79.9. The zero-order chi connectivity index (χ0) is 36.9. The van der Waals surface area contributed by atoms with E-state index in [-0.39, 0.29) is 27.9 Å². The lowest BCUT2D eigenvalue weighted by atomic mass is 9.93. The molecule has 0 aliphatic carbocycles. The van der Waals surface area contributed by atoms with Crippen LogP contribution < -0.4 is 16.0 Å². The van der Waals surface area contributed by atoms with E-state index in [4.69, 9.17) is 25.2 Å². The Balaban J connectivity index is 0.000000169. The highest BCUT2D eigenvalue weighted by Crippen LogP contribution is 2.41. The van der Waals surface area contributed by atoms with Crippen LogP contribution in [0.1, 0.15) is 64.7 Å². The van der Waals surface area contributed by atoms with Crippen molar-refractivity contribution >= 4 is 55.0 Å². The van der Waals surface area contributed by atoms with Gasteiger partial charge in [0.25, 0.3) is 0 Å². The van der Waals surface area contributed by atoms with Crippen molar-refractivity contribution in [3.63, 3.8) is 0 Å². The van der Waals surface area contributed by atoms with Gasteiger partial charge in [-0.25, -0.2) is 9.59 Å². The fourth-order valence-corrected chi connectivity index (χ4v) is 6.11. The first-order valence-electron chi connectivity index (χ1n) is 16.3. The molecule has 0 fully saturated rings. The van der Waals surface area contributed by atoms with Crippen molar-refractivity contribution in [2.24, 2.45) is 17.8 Å². The van der Waals surface area contributed by atoms with Gasteiger partial charge in [-0.3, -0.25) is 0 Å². The topological polar surface area (TPSA) is 130 Å². The Labute approximate surface area is 304 Å². The number of hydrogen-bond acceptors (Lipinski definition) is 8. The van der Waals surface area contributed by atoms with Crippen LogP contribution >= 0.6 is 27.5 Å². The van der Waals surface area contributed by atoms with Crippen molar-refractivity contribution in [3.05, 3.63) is 120 Å². The molecule has 1 aliphatic heterocycles. The molecule has 0 radical (unpaired) electrons. The molecular formula is C40H42BrClO8. The number of allylic oxidation sites excluding steroid dienone is 2. The summed E-state index contributed by atoms with van der Waals surface area (Å²) in [5.41, 5.74) is 4.14. The summed E-state index contributed by atoms with van der Waals surface area (Å²) in [7, 11) is 0. The summed E-state index contributed by atoms with van der Waals surface area (Å²) in [5.74, 6) is 2.96. The van der Waals surface area contributed by atoms with E-state index in [0.29, 0.717) is 44.9 Å². The summed E-state index contributed by atoms with van der Waals surface area (Å²) < 4.78 is 16.3. The first kappa shape index (κ1) is 38.3. The van der Waals surface area contributed by atoms with Crippen molar-refractivity contribution in [2.75, 3.05) is 0 Å². The highest BCUT2D eigenvalue weighted by Gasteiger charge is 2.19. The molecule has 5 aromatic rings. The van der Waals surface area contributed by atoms with Gasteiger partial charge >= 0.3 is 11.3 Å². The number of phenols is 3. The van der Waals surface area contributed by atoms with E-state index in [1.54, 1.807) is 24.3 Å². The summed E-state index contributed by atoms with van der Waals surface area (Å²) in [6.07, 6.45) is 4.52. The minimum Gasteiger partial charge on any atom is -0.508 e. The van der Waals surface area contributed by atoms with Crippen LogP contribution in [0.15, 0.2) is 95.9 Å². The number of aromatic hydroxyl groups is 3. The second-order valence-electron chi connectivity index (χ2n) is 13.5. The first-order chi connectivity index (χ1) is 23.5. The maximum absolute atomic E-state index is 11.4.